The molecule has 1 saturated carbocycles. The van der Waals surface area contributed by atoms with Gasteiger partial charge in [-0.05, 0) is 55.8 Å². The predicted octanol–water partition coefficient (Wildman–Crippen LogP) is 4.32. The summed E-state index contributed by atoms with van der Waals surface area (Å²) in [5.41, 5.74) is 1.12. The summed E-state index contributed by atoms with van der Waals surface area (Å²) in [7, 11) is 0. The second-order valence-corrected chi connectivity index (χ2v) is 5.79. The zero-order valence-corrected chi connectivity index (χ0v) is 12.0. The summed E-state index contributed by atoms with van der Waals surface area (Å²) in [6, 6.07) is 7.60. The largest absolute Gasteiger partial charge is 0.313 e. The second kappa shape index (κ2) is 7.64. The third-order valence-electron chi connectivity index (χ3n) is 4.22. The Bertz CT molecular complexity index is 371. The molecule has 2 rings (SSSR count). The average Bonchev–Trinajstić information content (AvgIpc) is 2.44. The molecule has 1 aliphatic rings. The Morgan fingerprint density at radius 3 is 2.74 bits per heavy atom. The van der Waals surface area contributed by atoms with Crippen molar-refractivity contribution < 1.29 is 4.39 Å². The van der Waals surface area contributed by atoms with E-state index >= 15 is 0 Å². The molecule has 1 nitrogen and oxygen atoms in total. The Labute approximate surface area is 116 Å². The normalized spacial score (nSPS) is 18.4. The molecule has 0 aromatic heterocycles. The van der Waals surface area contributed by atoms with Crippen molar-refractivity contribution in [1.82, 2.24) is 5.32 Å². The van der Waals surface area contributed by atoms with Gasteiger partial charge in [0.15, 0.2) is 0 Å². The highest BCUT2D eigenvalue weighted by Gasteiger charge is 2.23. The molecule has 1 N–H and O–H groups in total. The first-order chi connectivity index (χ1) is 9.29. The lowest BCUT2D eigenvalue weighted by molar-refractivity contribution is 0.267. The highest BCUT2D eigenvalue weighted by atomic mass is 19.1. The Morgan fingerprint density at radius 2 is 2.05 bits per heavy atom. The van der Waals surface area contributed by atoms with E-state index in [1.807, 2.05) is 12.1 Å². The van der Waals surface area contributed by atoms with Crippen molar-refractivity contribution >= 4 is 0 Å². The van der Waals surface area contributed by atoms with Crippen molar-refractivity contribution in [2.45, 2.75) is 57.9 Å². The third kappa shape index (κ3) is 4.61. The van der Waals surface area contributed by atoms with E-state index in [4.69, 9.17) is 0 Å². The highest BCUT2D eigenvalue weighted by molar-refractivity contribution is 5.17. The van der Waals surface area contributed by atoms with E-state index in [1.54, 1.807) is 6.07 Å². The van der Waals surface area contributed by atoms with Crippen LogP contribution in [0.3, 0.4) is 0 Å². The van der Waals surface area contributed by atoms with E-state index in [0.717, 1.165) is 30.9 Å². The molecular weight excluding hydrogens is 237 g/mol. The van der Waals surface area contributed by atoms with Gasteiger partial charge < -0.3 is 5.32 Å². The van der Waals surface area contributed by atoms with E-state index < -0.39 is 0 Å². The number of halogens is 1. The van der Waals surface area contributed by atoms with Crippen LogP contribution in [-0.2, 0) is 6.42 Å². The zero-order valence-electron chi connectivity index (χ0n) is 12.0. The molecule has 1 atom stereocenters. The second-order valence-electron chi connectivity index (χ2n) is 5.79. The minimum atomic E-state index is -0.115. The van der Waals surface area contributed by atoms with Crippen molar-refractivity contribution in [3.63, 3.8) is 0 Å². The maximum atomic E-state index is 13.3. The monoisotopic (exact) mass is 263 g/mol. The summed E-state index contributed by atoms with van der Waals surface area (Å²) >= 11 is 0. The van der Waals surface area contributed by atoms with Crippen LogP contribution in [-0.4, -0.2) is 12.6 Å². The molecule has 1 unspecified atom stereocenters. The molecule has 0 amide bonds. The van der Waals surface area contributed by atoms with Gasteiger partial charge in [-0.3, -0.25) is 0 Å². The third-order valence-corrected chi connectivity index (χ3v) is 4.22. The first kappa shape index (κ1) is 14.5. The molecule has 1 aromatic rings. The molecule has 19 heavy (non-hydrogen) atoms. The van der Waals surface area contributed by atoms with Crippen molar-refractivity contribution in [1.29, 1.82) is 0 Å². The van der Waals surface area contributed by atoms with Crippen molar-refractivity contribution in [2.75, 3.05) is 6.54 Å². The van der Waals surface area contributed by atoms with Gasteiger partial charge in [0, 0.05) is 6.04 Å². The number of hydrogen-bond donors (Lipinski definition) is 1. The van der Waals surface area contributed by atoms with Crippen molar-refractivity contribution in [2.24, 2.45) is 5.92 Å². The first-order valence-electron chi connectivity index (χ1n) is 7.77. The Kier molecular flexibility index (Phi) is 5.84. The lowest BCUT2D eigenvalue weighted by atomic mass is 9.81. The Balaban J connectivity index is 1.99. The minimum Gasteiger partial charge on any atom is -0.313 e. The standard InChI is InChI=1S/C17H26FN/c1-2-11-19-17(15-8-4-3-5-9-15)13-14-7-6-10-16(18)12-14/h6-7,10,12,15,17,19H,2-5,8-9,11,13H2,1H3. The summed E-state index contributed by atoms with van der Waals surface area (Å²) in [4.78, 5) is 0. The van der Waals surface area contributed by atoms with Crippen LogP contribution < -0.4 is 5.32 Å². The first-order valence-corrected chi connectivity index (χ1v) is 7.77. The van der Waals surface area contributed by atoms with Crippen LogP contribution in [0.5, 0.6) is 0 Å². The van der Waals surface area contributed by atoms with Crippen LogP contribution in [0.4, 0.5) is 4.39 Å². The fourth-order valence-electron chi connectivity index (χ4n) is 3.19. The SMILES string of the molecule is CCCNC(Cc1cccc(F)c1)C1CCCCC1. The van der Waals surface area contributed by atoms with Crippen LogP contribution in [0, 0.1) is 11.7 Å². The number of rotatable bonds is 6. The lowest BCUT2D eigenvalue weighted by Crippen LogP contribution is -2.39. The van der Waals surface area contributed by atoms with Crippen LogP contribution in [0.1, 0.15) is 51.0 Å². The van der Waals surface area contributed by atoms with Gasteiger partial charge in [-0.2, -0.15) is 0 Å². The summed E-state index contributed by atoms with van der Waals surface area (Å²) in [5, 5.41) is 3.68. The highest BCUT2D eigenvalue weighted by Crippen LogP contribution is 2.28. The van der Waals surface area contributed by atoms with Gasteiger partial charge in [0.05, 0.1) is 0 Å². The number of benzene rings is 1. The maximum absolute atomic E-state index is 13.3. The van der Waals surface area contributed by atoms with Crippen LogP contribution in [0.25, 0.3) is 0 Å². The van der Waals surface area contributed by atoms with Crippen molar-refractivity contribution in [3.8, 4) is 0 Å². The molecule has 106 valence electrons. The fourth-order valence-corrected chi connectivity index (χ4v) is 3.19. The minimum absolute atomic E-state index is 0.115. The van der Waals surface area contributed by atoms with Gasteiger partial charge in [0.1, 0.15) is 5.82 Å². The Morgan fingerprint density at radius 1 is 1.26 bits per heavy atom. The fraction of sp³-hybridized carbons (Fsp3) is 0.647. The molecular formula is C17H26FN. The number of nitrogens with one attached hydrogen (secondary N) is 1. The quantitative estimate of drug-likeness (QED) is 0.806. The van der Waals surface area contributed by atoms with Gasteiger partial charge in [0.25, 0.3) is 0 Å². The molecule has 1 aliphatic carbocycles. The van der Waals surface area contributed by atoms with E-state index in [0.29, 0.717) is 6.04 Å². The maximum Gasteiger partial charge on any atom is 0.123 e. The van der Waals surface area contributed by atoms with Gasteiger partial charge >= 0.3 is 0 Å². The molecule has 0 spiro atoms. The summed E-state index contributed by atoms with van der Waals surface area (Å²) < 4.78 is 13.3. The van der Waals surface area contributed by atoms with Crippen LogP contribution >= 0.6 is 0 Å². The van der Waals surface area contributed by atoms with E-state index in [2.05, 4.69) is 12.2 Å². The zero-order chi connectivity index (χ0) is 13.5. The van der Waals surface area contributed by atoms with Gasteiger partial charge in [-0.1, -0.05) is 38.3 Å². The summed E-state index contributed by atoms with van der Waals surface area (Å²) in [5.74, 6) is 0.652. The molecule has 1 aromatic carbocycles. The topological polar surface area (TPSA) is 12.0 Å². The molecule has 0 saturated heterocycles. The van der Waals surface area contributed by atoms with E-state index in [1.165, 1.54) is 38.2 Å². The molecule has 0 aliphatic heterocycles. The van der Waals surface area contributed by atoms with Gasteiger partial charge in [0.2, 0.25) is 0 Å². The molecule has 1 fully saturated rings. The number of hydrogen-bond acceptors (Lipinski definition) is 1. The Hall–Kier alpha value is -0.890. The van der Waals surface area contributed by atoms with Gasteiger partial charge in [-0.25, -0.2) is 4.39 Å². The van der Waals surface area contributed by atoms with Gasteiger partial charge in [-0.15, -0.1) is 0 Å². The van der Waals surface area contributed by atoms with Crippen LogP contribution in [0.2, 0.25) is 0 Å². The summed E-state index contributed by atoms with van der Waals surface area (Å²) in [6.07, 6.45) is 8.88. The molecule has 2 heteroatoms. The van der Waals surface area contributed by atoms with E-state index in [9.17, 15) is 4.39 Å². The van der Waals surface area contributed by atoms with E-state index in [-0.39, 0.29) is 5.82 Å². The summed E-state index contributed by atoms with van der Waals surface area (Å²) in [6.45, 7) is 3.27. The van der Waals surface area contributed by atoms with Crippen molar-refractivity contribution in [3.05, 3.63) is 35.6 Å². The lowest BCUT2D eigenvalue weighted by Gasteiger charge is -2.31. The molecule has 0 radical (unpaired) electrons. The average molecular weight is 263 g/mol. The van der Waals surface area contributed by atoms with Crippen LogP contribution in [0.15, 0.2) is 24.3 Å². The molecule has 0 heterocycles. The molecule has 0 bridgehead atoms. The predicted molar refractivity (Wildman–Crippen MR) is 78.8 cm³/mol. The smallest absolute Gasteiger partial charge is 0.123 e.